The van der Waals surface area contributed by atoms with Gasteiger partial charge in [0.05, 0.1) is 12.2 Å². The van der Waals surface area contributed by atoms with Crippen molar-refractivity contribution in [3.8, 4) is 0 Å². The Kier molecular flexibility index (Phi) is 7.55. The van der Waals surface area contributed by atoms with Crippen LogP contribution >= 0.6 is 22.6 Å². The first kappa shape index (κ1) is 12.7. The third-order valence-electron chi connectivity index (χ3n) is 1.12. The summed E-state index contributed by atoms with van der Waals surface area (Å²) in [5, 5.41) is 0. The highest BCUT2D eigenvalue weighted by Crippen LogP contribution is 2.18. The summed E-state index contributed by atoms with van der Waals surface area (Å²) in [5.74, 6) is 0. The summed E-state index contributed by atoms with van der Waals surface area (Å²) in [6, 6.07) is 0. The van der Waals surface area contributed by atoms with Crippen molar-refractivity contribution in [1.82, 2.24) is 0 Å². The van der Waals surface area contributed by atoms with Gasteiger partial charge in [-0.05, 0) is 34.7 Å². The zero-order chi connectivity index (χ0) is 10.8. The molecule has 0 fully saturated rings. The van der Waals surface area contributed by atoms with Gasteiger partial charge in [0.25, 0.3) is 0 Å². The molecule has 0 aliphatic rings. The van der Waals surface area contributed by atoms with E-state index in [4.69, 9.17) is 0 Å². The molecule has 0 aromatic carbocycles. The van der Waals surface area contributed by atoms with Gasteiger partial charge in [-0.2, -0.15) is 4.99 Å². The highest BCUT2D eigenvalue weighted by molar-refractivity contribution is 14.1. The van der Waals surface area contributed by atoms with E-state index >= 15 is 0 Å². The molecule has 0 saturated carbocycles. The van der Waals surface area contributed by atoms with E-state index in [0.29, 0.717) is 5.70 Å². The fourth-order valence-corrected chi connectivity index (χ4v) is 1.20. The summed E-state index contributed by atoms with van der Waals surface area (Å²) in [6.45, 7) is 3.65. The van der Waals surface area contributed by atoms with Gasteiger partial charge in [-0.15, -0.1) is 0 Å². The molecule has 14 heavy (non-hydrogen) atoms. The smallest absolute Gasteiger partial charge is 0.211 e. The maximum atomic E-state index is 10.1. The van der Waals surface area contributed by atoms with E-state index in [-0.39, 0.29) is 6.54 Å². The lowest BCUT2D eigenvalue weighted by Gasteiger charge is -1.94. The van der Waals surface area contributed by atoms with Crippen LogP contribution in [0.1, 0.15) is 0 Å². The van der Waals surface area contributed by atoms with E-state index in [1.807, 2.05) is 22.6 Å². The number of isocyanates is 2. The Labute approximate surface area is 95.0 Å². The van der Waals surface area contributed by atoms with E-state index in [1.54, 1.807) is 12.2 Å². The van der Waals surface area contributed by atoms with Crippen LogP contribution in [0.4, 0.5) is 0 Å². The van der Waals surface area contributed by atoms with Crippen LogP contribution in [-0.4, -0.2) is 18.7 Å². The Balaban J connectivity index is 4.83. The fourth-order valence-electron chi connectivity index (χ4n) is 0.604. The van der Waals surface area contributed by atoms with Crippen molar-refractivity contribution >= 4 is 34.8 Å². The van der Waals surface area contributed by atoms with Crippen molar-refractivity contribution in [1.29, 1.82) is 0 Å². The number of halogens is 1. The molecule has 0 heterocycles. The number of aliphatic imine (C=N–C) groups is 2. The lowest BCUT2D eigenvalue weighted by molar-refractivity contribution is 0.563. The van der Waals surface area contributed by atoms with Gasteiger partial charge in [0.1, 0.15) is 0 Å². The molecule has 4 nitrogen and oxygen atoms in total. The van der Waals surface area contributed by atoms with E-state index in [0.717, 1.165) is 3.58 Å². The third-order valence-corrected chi connectivity index (χ3v) is 2.03. The Morgan fingerprint density at radius 2 is 2.14 bits per heavy atom. The minimum Gasteiger partial charge on any atom is -0.211 e. The van der Waals surface area contributed by atoms with Crippen LogP contribution in [0.2, 0.25) is 0 Å². The first-order chi connectivity index (χ1) is 6.76. The zero-order valence-corrected chi connectivity index (χ0v) is 9.39. The van der Waals surface area contributed by atoms with Crippen molar-refractivity contribution in [2.24, 2.45) is 9.98 Å². The second kappa shape index (κ2) is 8.31. The molecule has 0 radical (unpaired) electrons. The molecule has 0 N–H and O–H groups in total. The first-order valence-corrected chi connectivity index (χ1v) is 4.64. The second-order valence-corrected chi connectivity index (χ2v) is 3.14. The van der Waals surface area contributed by atoms with Crippen molar-refractivity contribution in [3.63, 3.8) is 0 Å². The van der Waals surface area contributed by atoms with E-state index in [1.165, 1.54) is 18.2 Å². The molecule has 72 valence electrons. The second-order valence-electron chi connectivity index (χ2n) is 1.97. The van der Waals surface area contributed by atoms with Gasteiger partial charge in [-0.3, -0.25) is 0 Å². The Hall–Kier alpha value is -1.29. The minimum absolute atomic E-state index is 0.140. The third kappa shape index (κ3) is 5.37. The molecular weight excluding hydrogens is 295 g/mol. The summed E-state index contributed by atoms with van der Waals surface area (Å²) < 4.78 is 0.724. The number of rotatable bonds is 5. The summed E-state index contributed by atoms with van der Waals surface area (Å²) in [6.07, 6.45) is 7.58. The summed E-state index contributed by atoms with van der Waals surface area (Å²) in [4.78, 5) is 26.6. The van der Waals surface area contributed by atoms with Crippen molar-refractivity contribution in [2.75, 3.05) is 6.54 Å². The Morgan fingerprint density at radius 1 is 1.43 bits per heavy atom. The normalized spacial score (nSPS) is 11.2. The predicted octanol–water partition coefficient (Wildman–Crippen LogP) is 2.05. The van der Waals surface area contributed by atoms with Gasteiger partial charge in [0.2, 0.25) is 12.2 Å². The van der Waals surface area contributed by atoms with Crippen molar-refractivity contribution in [2.45, 2.75) is 0 Å². The molecule has 0 aromatic heterocycles. The SMILES string of the molecule is C=C/C=C(I)\C(=C/CN=C=O)N=C=O. The predicted molar refractivity (Wildman–Crippen MR) is 61.5 cm³/mol. The molecule has 5 heteroatoms. The van der Waals surface area contributed by atoms with E-state index < -0.39 is 0 Å². The van der Waals surface area contributed by atoms with Gasteiger partial charge in [-0.25, -0.2) is 14.6 Å². The lowest BCUT2D eigenvalue weighted by atomic mass is 10.3. The monoisotopic (exact) mass is 302 g/mol. The molecule has 0 spiro atoms. The quantitative estimate of drug-likeness (QED) is 0.338. The van der Waals surface area contributed by atoms with E-state index in [2.05, 4.69) is 16.6 Å². The number of hydrogen-bond acceptors (Lipinski definition) is 4. The standard InChI is InChI=1S/C9H7IN2O2/c1-2-3-8(10)9(12-7-14)4-5-11-6-13/h2-4H,1,5H2/b8-3+,9-4+. The van der Waals surface area contributed by atoms with E-state index in [9.17, 15) is 9.59 Å². The maximum Gasteiger partial charge on any atom is 0.240 e. The van der Waals surface area contributed by atoms with Gasteiger partial charge in [0.15, 0.2) is 0 Å². The molecule has 0 atom stereocenters. The Bertz CT molecular complexity index is 359. The topological polar surface area (TPSA) is 58.9 Å². The molecule has 0 aromatic rings. The summed E-state index contributed by atoms with van der Waals surface area (Å²) >= 11 is 1.99. The Morgan fingerprint density at radius 3 is 2.64 bits per heavy atom. The zero-order valence-electron chi connectivity index (χ0n) is 7.24. The average Bonchev–Trinajstić information content (AvgIpc) is 2.17. The number of carbonyl (C=O) groups excluding carboxylic acids is 2. The molecule has 0 aliphatic heterocycles. The number of nitrogens with zero attached hydrogens (tertiary/aromatic N) is 2. The largest absolute Gasteiger partial charge is 0.240 e. The highest BCUT2D eigenvalue weighted by Gasteiger charge is 1.97. The van der Waals surface area contributed by atoms with Crippen LogP contribution in [0.3, 0.4) is 0 Å². The fraction of sp³-hybridized carbons (Fsp3) is 0.111. The van der Waals surface area contributed by atoms with Gasteiger partial charge >= 0.3 is 0 Å². The van der Waals surface area contributed by atoms with Crippen LogP contribution in [0.25, 0.3) is 0 Å². The van der Waals surface area contributed by atoms with Gasteiger partial charge in [-0.1, -0.05) is 12.7 Å². The van der Waals surface area contributed by atoms with Crippen molar-refractivity contribution < 1.29 is 9.59 Å². The van der Waals surface area contributed by atoms with Crippen LogP contribution in [-0.2, 0) is 9.59 Å². The highest BCUT2D eigenvalue weighted by atomic mass is 127. The minimum atomic E-state index is 0.140. The summed E-state index contributed by atoms with van der Waals surface area (Å²) in [5.41, 5.74) is 0.416. The molecule has 0 aliphatic carbocycles. The molecule has 0 bridgehead atoms. The van der Waals surface area contributed by atoms with Crippen LogP contribution in [0, 0.1) is 0 Å². The molecule has 0 rings (SSSR count). The maximum absolute atomic E-state index is 10.1. The molecule has 0 saturated heterocycles. The molecule has 0 unspecified atom stereocenters. The van der Waals surface area contributed by atoms with Gasteiger partial charge in [0, 0.05) is 3.58 Å². The molecular formula is C9H7IN2O2. The van der Waals surface area contributed by atoms with Crippen LogP contribution in [0.15, 0.2) is 44.1 Å². The summed E-state index contributed by atoms with van der Waals surface area (Å²) in [7, 11) is 0. The molecule has 0 amide bonds. The average molecular weight is 302 g/mol. The van der Waals surface area contributed by atoms with Crippen LogP contribution in [0.5, 0.6) is 0 Å². The van der Waals surface area contributed by atoms with Crippen LogP contribution < -0.4 is 0 Å². The van der Waals surface area contributed by atoms with Gasteiger partial charge < -0.3 is 0 Å². The van der Waals surface area contributed by atoms with Crippen molar-refractivity contribution in [3.05, 3.63) is 34.1 Å². The number of allylic oxidation sites excluding steroid dienone is 3. The first-order valence-electron chi connectivity index (χ1n) is 3.56. The number of hydrogen-bond donors (Lipinski definition) is 0. The lowest BCUT2D eigenvalue weighted by Crippen LogP contribution is -1.81.